The second-order valence-corrected chi connectivity index (χ2v) is 4.79. The molecule has 0 fully saturated rings. The molecule has 0 saturated heterocycles. The third kappa shape index (κ3) is 4.57. The summed E-state index contributed by atoms with van der Waals surface area (Å²) in [4.78, 5) is 34.1. The molecule has 0 aromatic heterocycles. The summed E-state index contributed by atoms with van der Waals surface area (Å²) in [6.45, 7) is -0.0109. The van der Waals surface area contributed by atoms with E-state index in [2.05, 4.69) is 10.6 Å². The summed E-state index contributed by atoms with van der Waals surface area (Å²) in [5, 5.41) is 5.53. The van der Waals surface area contributed by atoms with Gasteiger partial charge in [0.25, 0.3) is 0 Å². The molecule has 7 heteroatoms. The Morgan fingerprint density at radius 2 is 1.35 bits per heavy atom. The molecule has 0 radical (unpaired) electrons. The summed E-state index contributed by atoms with van der Waals surface area (Å²) in [5.74, 6) is -1.42. The Labute approximate surface area is 132 Å². The van der Waals surface area contributed by atoms with E-state index in [0.717, 1.165) is 0 Å². The van der Waals surface area contributed by atoms with Gasteiger partial charge in [0.15, 0.2) is 0 Å². The lowest BCUT2D eigenvalue weighted by atomic mass is 10.2. The minimum atomic E-state index is -0.567. The third-order valence-corrected chi connectivity index (χ3v) is 3.03. The molecule has 0 saturated carbocycles. The smallest absolute Gasteiger partial charge is 0.248 e. The van der Waals surface area contributed by atoms with Crippen LogP contribution in [0.5, 0.6) is 0 Å². The van der Waals surface area contributed by atoms with Crippen molar-refractivity contribution >= 4 is 29.1 Å². The van der Waals surface area contributed by atoms with Crippen molar-refractivity contribution in [3.8, 4) is 0 Å². The zero-order valence-corrected chi connectivity index (χ0v) is 12.2. The molecule has 6 N–H and O–H groups in total. The Balaban J connectivity index is 1.95. The highest BCUT2D eigenvalue weighted by Crippen LogP contribution is 2.12. The van der Waals surface area contributed by atoms with Crippen LogP contribution in [0.1, 0.15) is 20.7 Å². The minimum Gasteiger partial charge on any atom is -0.376 e. The molecule has 0 bridgehead atoms. The van der Waals surface area contributed by atoms with Gasteiger partial charge in [0.2, 0.25) is 17.7 Å². The average molecular weight is 312 g/mol. The van der Waals surface area contributed by atoms with Crippen LogP contribution in [0.2, 0.25) is 0 Å². The van der Waals surface area contributed by atoms with E-state index in [1.54, 1.807) is 42.5 Å². The Kier molecular flexibility index (Phi) is 4.93. The maximum atomic E-state index is 11.9. The highest BCUT2D eigenvalue weighted by molar-refractivity contribution is 5.97. The monoisotopic (exact) mass is 312 g/mol. The van der Waals surface area contributed by atoms with Crippen molar-refractivity contribution in [2.24, 2.45) is 11.5 Å². The fourth-order valence-electron chi connectivity index (χ4n) is 1.92. The Morgan fingerprint density at radius 1 is 0.826 bits per heavy atom. The molecular weight excluding hydrogens is 296 g/mol. The quantitative estimate of drug-likeness (QED) is 0.632. The second-order valence-electron chi connectivity index (χ2n) is 4.79. The summed E-state index contributed by atoms with van der Waals surface area (Å²) in [7, 11) is 0. The highest BCUT2D eigenvalue weighted by atomic mass is 16.2. The average Bonchev–Trinajstić information content (AvgIpc) is 2.53. The lowest BCUT2D eigenvalue weighted by Gasteiger charge is -2.09. The number of rotatable bonds is 6. The number of nitrogens with two attached hydrogens (primary N) is 2. The lowest BCUT2D eigenvalue weighted by molar-refractivity contribution is -0.114. The number of primary amides is 2. The fourth-order valence-corrected chi connectivity index (χ4v) is 1.92. The minimum absolute atomic E-state index is 0.0109. The van der Waals surface area contributed by atoms with Crippen LogP contribution in [0, 0.1) is 0 Å². The SMILES string of the molecule is NC(=O)c1cccc(NCC(=O)Nc2cccc(C(N)=O)c2)c1. The fraction of sp³-hybridized carbons (Fsp3) is 0.0625. The Morgan fingerprint density at radius 3 is 1.91 bits per heavy atom. The van der Waals surface area contributed by atoms with E-state index >= 15 is 0 Å². The van der Waals surface area contributed by atoms with Gasteiger partial charge in [-0.15, -0.1) is 0 Å². The number of hydrogen-bond donors (Lipinski definition) is 4. The van der Waals surface area contributed by atoms with Gasteiger partial charge in [-0.2, -0.15) is 0 Å². The van der Waals surface area contributed by atoms with Gasteiger partial charge in [-0.25, -0.2) is 0 Å². The van der Waals surface area contributed by atoms with Crippen LogP contribution in [0.15, 0.2) is 48.5 Å². The normalized spacial score (nSPS) is 9.91. The van der Waals surface area contributed by atoms with Crippen LogP contribution < -0.4 is 22.1 Å². The van der Waals surface area contributed by atoms with Gasteiger partial charge in [-0.3, -0.25) is 14.4 Å². The van der Waals surface area contributed by atoms with E-state index in [-0.39, 0.29) is 12.5 Å². The highest BCUT2D eigenvalue weighted by Gasteiger charge is 2.06. The second kappa shape index (κ2) is 7.08. The van der Waals surface area contributed by atoms with Gasteiger partial charge in [0.05, 0.1) is 6.54 Å². The van der Waals surface area contributed by atoms with Crippen molar-refractivity contribution in [1.29, 1.82) is 0 Å². The summed E-state index contributed by atoms with van der Waals surface area (Å²) in [6.07, 6.45) is 0. The zero-order chi connectivity index (χ0) is 16.8. The van der Waals surface area contributed by atoms with Crippen molar-refractivity contribution < 1.29 is 14.4 Å². The van der Waals surface area contributed by atoms with E-state index in [1.807, 2.05) is 0 Å². The van der Waals surface area contributed by atoms with Gasteiger partial charge in [0.1, 0.15) is 0 Å². The van der Waals surface area contributed by atoms with Crippen molar-refractivity contribution in [2.75, 3.05) is 17.2 Å². The molecule has 2 rings (SSSR count). The molecule has 23 heavy (non-hydrogen) atoms. The maximum absolute atomic E-state index is 11.9. The standard InChI is InChI=1S/C16H16N4O3/c17-15(22)10-3-1-5-12(7-10)19-9-14(21)20-13-6-2-4-11(8-13)16(18)23/h1-8,19H,9H2,(H2,17,22)(H2,18,23)(H,20,21). The van der Waals surface area contributed by atoms with E-state index in [9.17, 15) is 14.4 Å². The van der Waals surface area contributed by atoms with Crippen molar-refractivity contribution in [3.63, 3.8) is 0 Å². The van der Waals surface area contributed by atoms with Gasteiger partial charge >= 0.3 is 0 Å². The number of carbonyl (C=O) groups is 3. The largest absolute Gasteiger partial charge is 0.376 e. The Bertz CT molecular complexity index is 758. The van der Waals surface area contributed by atoms with Crippen molar-refractivity contribution in [1.82, 2.24) is 0 Å². The van der Waals surface area contributed by atoms with Crippen LogP contribution in [0.4, 0.5) is 11.4 Å². The molecule has 0 aliphatic heterocycles. The molecule has 118 valence electrons. The third-order valence-electron chi connectivity index (χ3n) is 3.03. The van der Waals surface area contributed by atoms with Crippen LogP contribution in [-0.4, -0.2) is 24.3 Å². The molecule has 3 amide bonds. The summed E-state index contributed by atoms with van der Waals surface area (Å²) < 4.78 is 0. The maximum Gasteiger partial charge on any atom is 0.248 e. The van der Waals surface area contributed by atoms with Gasteiger partial charge in [0, 0.05) is 22.5 Å². The van der Waals surface area contributed by atoms with E-state index in [0.29, 0.717) is 22.5 Å². The van der Waals surface area contributed by atoms with Crippen LogP contribution >= 0.6 is 0 Å². The summed E-state index contributed by atoms with van der Waals surface area (Å²) in [5.41, 5.74) is 12.1. The molecule has 0 spiro atoms. The number of benzene rings is 2. The van der Waals surface area contributed by atoms with Crippen LogP contribution in [-0.2, 0) is 4.79 Å². The first kappa shape index (κ1) is 16.0. The number of amides is 3. The molecule has 0 atom stereocenters. The summed E-state index contributed by atoms with van der Waals surface area (Å²) in [6, 6.07) is 12.9. The molecule has 2 aromatic rings. The first-order valence-corrected chi connectivity index (χ1v) is 6.79. The van der Waals surface area contributed by atoms with E-state index < -0.39 is 11.8 Å². The predicted octanol–water partition coefficient (Wildman–Crippen LogP) is 0.935. The van der Waals surface area contributed by atoms with Gasteiger partial charge in [-0.05, 0) is 36.4 Å². The van der Waals surface area contributed by atoms with Crippen molar-refractivity contribution in [3.05, 3.63) is 59.7 Å². The zero-order valence-electron chi connectivity index (χ0n) is 12.2. The Hall–Kier alpha value is -3.35. The number of carbonyl (C=O) groups excluding carboxylic acids is 3. The lowest BCUT2D eigenvalue weighted by Crippen LogP contribution is -2.22. The number of hydrogen-bond acceptors (Lipinski definition) is 4. The molecule has 0 aliphatic carbocycles. The van der Waals surface area contributed by atoms with Gasteiger partial charge < -0.3 is 22.1 Å². The molecule has 0 aliphatic rings. The molecule has 0 heterocycles. The van der Waals surface area contributed by atoms with Crippen LogP contribution in [0.25, 0.3) is 0 Å². The van der Waals surface area contributed by atoms with Gasteiger partial charge in [-0.1, -0.05) is 12.1 Å². The molecule has 7 nitrogen and oxygen atoms in total. The first-order chi connectivity index (χ1) is 11.0. The molecule has 2 aromatic carbocycles. The van der Waals surface area contributed by atoms with E-state index in [4.69, 9.17) is 11.5 Å². The predicted molar refractivity (Wildman–Crippen MR) is 87.0 cm³/mol. The first-order valence-electron chi connectivity index (χ1n) is 6.79. The topological polar surface area (TPSA) is 127 Å². The summed E-state index contributed by atoms with van der Waals surface area (Å²) >= 11 is 0. The van der Waals surface area contributed by atoms with Crippen molar-refractivity contribution in [2.45, 2.75) is 0 Å². The van der Waals surface area contributed by atoms with E-state index in [1.165, 1.54) is 6.07 Å². The van der Waals surface area contributed by atoms with Crippen LogP contribution in [0.3, 0.4) is 0 Å². The molecule has 0 unspecified atom stereocenters. The number of anilines is 2. The molecular formula is C16H16N4O3. The number of nitrogens with one attached hydrogen (secondary N) is 2.